The van der Waals surface area contributed by atoms with Gasteiger partial charge in [-0.1, -0.05) is 30.3 Å². The second kappa shape index (κ2) is 7.32. The van der Waals surface area contributed by atoms with Gasteiger partial charge in [0.2, 0.25) is 5.91 Å². The average Bonchev–Trinajstić information content (AvgIpc) is 3.08. The number of amides is 1. The molecule has 3 rings (SSSR count). The van der Waals surface area contributed by atoms with E-state index >= 15 is 0 Å². The van der Waals surface area contributed by atoms with Gasteiger partial charge in [-0.05, 0) is 19.0 Å². The van der Waals surface area contributed by atoms with Crippen LogP contribution >= 0.6 is 0 Å². The highest BCUT2D eigenvalue weighted by Gasteiger charge is 2.37. The fourth-order valence-corrected chi connectivity index (χ4v) is 3.56. The monoisotopic (exact) mass is 331 g/mol. The molecule has 2 fully saturated rings. The molecule has 6 nitrogen and oxygen atoms in total. The van der Waals surface area contributed by atoms with Crippen LogP contribution in [0.15, 0.2) is 30.3 Å². The average molecular weight is 331 g/mol. The Hall–Kier alpha value is -1.92. The molecule has 130 valence electrons. The van der Waals surface area contributed by atoms with Crippen molar-refractivity contribution in [3.8, 4) is 0 Å². The van der Waals surface area contributed by atoms with E-state index < -0.39 is 11.9 Å². The van der Waals surface area contributed by atoms with Gasteiger partial charge in [-0.3, -0.25) is 14.5 Å². The molecule has 2 saturated heterocycles. The first-order valence-corrected chi connectivity index (χ1v) is 8.55. The lowest BCUT2D eigenvalue weighted by Gasteiger charge is -2.38. The van der Waals surface area contributed by atoms with Crippen LogP contribution in [0, 0.1) is 5.92 Å². The van der Waals surface area contributed by atoms with Crippen molar-refractivity contribution in [2.75, 3.05) is 46.3 Å². The van der Waals surface area contributed by atoms with E-state index in [4.69, 9.17) is 0 Å². The van der Waals surface area contributed by atoms with Gasteiger partial charge in [0.1, 0.15) is 6.04 Å². The van der Waals surface area contributed by atoms with Crippen molar-refractivity contribution >= 4 is 11.9 Å². The van der Waals surface area contributed by atoms with Crippen LogP contribution < -0.4 is 0 Å². The Bertz CT molecular complexity index is 584. The fraction of sp³-hybridized carbons (Fsp3) is 0.556. The smallest absolute Gasteiger partial charge is 0.308 e. The maximum absolute atomic E-state index is 13.2. The van der Waals surface area contributed by atoms with Crippen LogP contribution in [0.3, 0.4) is 0 Å². The van der Waals surface area contributed by atoms with Crippen LogP contribution in [0.25, 0.3) is 0 Å². The molecule has 0 bridgehead atoms. The summed E-state index contributed by atoms with van der Waals surface area (Å²) < 4.78 is 0. The van der Waals surface area contributed by atoms with Crippen LogP contribution in [-0.2, 0) is 9.59 Å². The van der Waals surface area contributed by atoms with E-state index in [1.165, 1.54) is 0 Å². The van der Waals surface area contributed by atoms with Crippen LogP contribution in [0.5, 0.6) is 0 Å². The van der Waals surface area contributed by atoms with Crippen LogP contribution in [0.2, 0.25) is 0 Å². The number of carboxylic acid groups (broad SMARTS) is 1. The Labute approximate surface area is 142 Å². The van der Waals surface area contributed by atoms with Crippen LogP contribution in [0.4, 0.5) is 0 Å². The molecular weight excluding hydrogens is 306 g/mol. The largest absolute Gasteiger partial charge is 0.481 e. The summed E-state index contributed by atoms with van der Waals surface area (Å²) >= 11 is 0. The Balaban J connectivity index is 1.79. The third-order valence-corrected chi connectivity index (χ3v) is 5.10. The molecule has 1 aromatic rings. The number of rotatable bonds is 4. The number of hydrogen-bond donors (Lipinski definition) is 1. The van der Waals surface area contributed by atoms with E-state index in [0.717, 1.165) is 31.7 Å². The summed E-state index contributed by atoms with van der Waals surface area (Å²) in [4.78, 5) is 30.6. The summed E-state index contributed by atoms with van der Waals surface area (Å²) in [5.41, 5.74) is 0.992. The number of piperazine rings is 1. The van der Waals surface area contributed by atoms with Crippen molar-refractivity contribution in [1.82, 2.24) is 14.7 Å². The minimum Gasteiger partial charge on any atom is -0.481 e. The third-order valence-electron chi connectivity index (χ3n) is 5.10. The van der Waals surface area contributed by atoms with Crippen molar-refractivity contribution in [3.05, 3.63) is 35.9 Å². The van der Waals surface area contributed by atoms with Crippen molar-refractivity contribution in [2.45, 2.75) is 12.5 Å². The summed E-state index contributed by atoms with van der Waals surface area (Å²) in [5.74, 6) is -1.20. The highest BCUT2D eigenvalue weighted by atomic mass is 16.4. The van der Waals surface area contributed by atoms with E-state index in [-0.39, 0.29) is 11.9 Å². The molecule has 2 aliphatic heterocycles. The zero-order valence-electron chi connectivity index (χ0n) is 14.1. The van der Waals surface area contributed by atoms with E-state index in [1.807, 2.05) is 30.3 Å². The van der Waals surface area contributed by atoms with E-state index in [0.29, 0.717) is 19.5 Å². The maximum Gasteiger partial charge on any atom is 0.308 e. The van der Waals surface area contributed by atoms with Gasteiger partial charge in [0.25, 0.3) is 0 Å². The van der Waals surface area contributed by atoms with Crippen LogP contribution in [0.1, 0.15) is 18.0 Å². The lowest BCUT2D eigenvalue weighted by molar-refractivity contribution is -0.142. The van der Waals surface area contributed by atoms with E-state index in [1.54, 1.807) is 4.90 Å². The topological polar surface area (TPSA) is 64.1 Å². The minimum absolute atomic E-state index is 0.0366. The molecule has 0 saturated carbocycles. The first-order valence-electron chi connectivity index (χ1n) is 8.55. The molecule has 1 N–H and O–H groups in total. The molecule has 2 heterocycles. The first-order chi connectivity index (χ1) is 11.6. The van der Waals surface area contributed by atoms with Gasteiger partial charge in [0.15, 0.2) is 0 Å². The zero-order chi connectivity index (χ0) is 17.1. The predicted molar refractivity (Wildman–Crippen MR) is 90.6 cm³/mol. The SMILES string of the molecule is CN1CCN(C(C(=O)N2CCC(C(=O)O)C2)c2ccccc2)CC1. The standard InChI is InChI=1S/C18H25N3O3/c1-19-9-11-20(12-10-19)16(14-5-3-2-4-6-14)17(22)21-8-7-15(13-21)18(23)24/h2-6,15-16H,7-13H2,1H3,(H,23,24). The number of hydrogen-bond acceptors (Lipinski definition) is 4. The maximum atomic E-state index is 13.2. The molecule has 6 heteroatoms. The molecular formula is C18H25N3O3. The lowest BCUT2D eigenvalue weighted by Crippen LogP contribution is -2.50. The Kier molecular flexibility index (Phi) is 5.16. The van der Waals surface area contributed by atoms with Crippen molar-refractivity contribution < 1.29 is 14.7 Å². The number of nitrogens with zero attached hydrogens (tertiary/aromatic N) is 3. The number of benzene rings is 1. The van der Waals surface area contributed by atoms with Gasteiger partial charge in [0, 0.05) is 39.3 Å². The summed E-state index contributed by atoms with van der Waals surface area (Å²) in [7, 11) is 2.09. The number of likely N-dealkylation sites (N-methyl/N-ethyl adjacent to an activating group) is 1. The summed E-state index contributed by atoms with van der Waals surface area (Å²) in [6.07, 6.45) is 0.547. The number of carboxylic acids is 1. The molecule has 1 amide bonds. The molecule has 0 radical (unpaired) electrons. The lowest BCUT2D eigenvalue weighted by atomic mass is 10.0. The molecule has 0 aliphatic carbocycles. The van der Waals surface area contributed by atoms with E-state index in [2.05, 4.69) is 16.8 Å². The molecule has 1 aromatic carbocycles. The third kappa shape index (κ3) is 3.60. The molecule has 2 unspecified atom stereocenters. The number of aliphatic carboxylic acids is 1. The minimum atomic E-state index is -0.804. The molecule has 2 atom stereocenters. The molecule has 0 aromatic heterocycles. The van der Waals surface area contributed by atoms with Crippen molar-refractivity contribution in [3.63, 3.8) is 0 Å². The zero-order valence-corrected chi connectivity index (χ0v) is 14.1. The Morgan fingerprint density at radius 1 is 1.08 bits per heavy atom. The molecule has 24 heavy (non-hydrogen) atoms. The van der Waals surface area contributed by atoms with Gasteiger partial charge in [-0.25, -0.2) is 0 Å². The number of likely N-dealkylation sites (tertiary alicyclic amines) is 1. The Morgan fingerprint density at radius 3 is 2.33 bits per heavy atom. The predicted octanol–water partition coefficient (Wildman–Crippen LogP) is 0.908. The highest BCUT2D eigenvalue weighted by Crippen LogP contribution is 2.27. The van der Waals surface area contributed by atoms with Crippen molar-refractivity contribution in [2.24, 2.45) is 5.92 Å². The Morgan fingerprint density at radius 2 is 1.75 bits per heavy atom. The second-order valence-corrected chi connectivity index (χ2v) is 6.76. The number of carbonyl (C=O) groups excluding carboxylic acids is 1. The summed E-state index contributed by atoms with van der Waals surface area (Å²) in [6.45, 7) is 4.43. The van der Waals surface area contributed by atoms with Gasteiger partial charge >= 0.3 is 5.97 Å². The second-order valence-electron chi connectivity index (χ2n) is 6.76. The van der Waals surface area contributed by atoms with Gasteiger partial charge in [0.05, 0.1) is 5.92 Å². The summed E-state index contributed by atoms with van der Waals surface area (Å²) in [5, 5.41) is 9.19. The molecule has 2 aliphatic rings. The number of carbonyl (C=O) groups is 2. The first kappa shape index (κ1) is 16.9. The van der Waals surface area contributed by atoms with Gasteiger partial charge < -0.3 is 14.9 Å². The van der Waals surface area contributed by atoms with Gasteiger partial charge in [-0.2, -0.15) is 0 Å². The van der Waals surface area contributed by atoms with Gasteiger partial charge in [-0.15, -0.1) is 0 Å². The normalized spacial score (nSPS) is 24.0. The van der Waals surface area contributed by atoms with E-state index in [9.17, 15) is 14.7 Å². The highest BCUT2D eigenvalue weighted by molar-refractivity contribution is 5.84. The summed E-state index contributed by atoms with van der Waals surface area (Å²) in [6, 6.07) is 9.53. The quantitative estimate of drug-likeness (QED) is 0.888. The fourth-order valence-electron chi connectivity index (χ4n) is 3.56. The van der Waals surface area contributed by atoms with Crippen LogP contribution in [-0.4, -0.2) is 78.0 Å². The van der Waals surface area contributed by atoms with Crippen molar-refractivity contribution in [1.29, 1.82) is 0 Å². The molecule has 0 spiro atoms.